The molecule has 0 N–H and O–H groups in total. The number of benzene rings is 6. The normalized spacial score (nSPS) is 11.5. The van der Waals surface area contributed by atoms with E-state index in [-0.39, 0.29) is 5.82 Å². The minimum absolute atomic E-state index is 0.334. The number of rotatable bonds is 0. The zero-order chi connectivity index (χ0) is 27.3. The van der Waals surface area contributed by atoms with Gasteiger partial charge in [-0.25, -0.2) is 4.39 Å². The standard InChI is InChI=1S/C39H24FN/c40-38-24-41-39-23-37(38)33-15-6-13-30(20-33)28-11-4-9-26(18-28)25-8-3-10-27(17-25)29-12-5-14-32(19-29)36-22-34(39)21-31-7-1-2-16-35(31)36/h1-24H. The third-order valence-corrected chi connectivity index (χ3v) is 8.09. The maximum Gasteiger partial charge on any atom is 0.149 e. The molecule has 2 heteroatoms. The average Bonchev–Trinajstić information content (AvgIpc) is 3.04. The third-order valence-electron chi connectivity index (χ3n) is 8.09. The molecule has 0 saturated heterocycles. The van der Waals surface area contributed by atoms with Crippen LogP contribution in [0.2, 0.25) is 0 Å². The molecule has 192 valence electrons. The largest absolute Gasteiger partial charge is 0.253 e. The van der Waals surface area contributed by atoms with Crippen molar-refractivity contribution in [2.45, 2.75) is 0 Å². The van der Waals surface area contributed by atoms with Gasteiger partial charge in [0.05, 0.1) is 11.7 Å². The fourth-order valence-corrected chi connectivity index (χ4v) is 6.00. The lowest BCUT2D eigenvalue weighted by molar-refractivity contribution is 0.635. The Balaban J connectivity index is 1.65. The van der Waals surface area contributed by atoms with Crippen LogP contribution in [0.4, 0.5) is 4.39 Å². The first kappa shape index (κ1) is 23.5. The highest BCUT2D eigenvalue weighted by Crippen LogP contribution is 2.30. The van der Waals surface area contributed by atoms with Gasteiger partial charge in [-0.3, -0.25) is 4.98 Å². The summed E-state index contributed by atoms with van der Waals surface area (Å²) in [5.74, 6) is -0.334. The summed E-state index contributed by atoms with van der Waals surface area (Å²) < 4.78 is 15.3. The van der Waals surface area contributed by atoms with Crippen LogP contribution in [-0.4, -0.2) is 4.98 Å². The second kappa shape index (κ2) is 9.39. The molecule has 0 unspecified atom stereocenters. The summed E-state index contributed by atoms with van der Waals surface area (Å²) in [7, 11) is 0. The molecule has 1 heterocycles. The molecule has 41 heavy (non-hydrogen) atoms. The highest BCUT2D eigenvalue weighted by Gasteiger charge is 2.05. The lowest BCUT2D eigenvalue weighted by Crippen LogP contribution is -1.84. The summed E-state index contributed by atoms with van der Waals surface area (Å²) in [5, 5.41) is 13.6. The molecule has 0 aliphatic heterocycles. The number of halogens is 1. The summed E-state index contributed by atoms with van der Waals surface area (Å²) in [5.41, 5.74) is 0.741. The molecular weight excluding hydrogens is 501 g/mol. The lowest BCUT2D eigenvalue weighted by atomic mass is 9.99. The quantitative estimate of drug-likeness (QED) is 0.192. The fourth-order valence-electron chi connectivity index (χ4n) is 6.00. The van der Waals surface area contributed by atoms with E-state index in [2.05, 4.69) is 126 Å². The predicted molar refractivity (Wildman–Crippen MR) is 173 cm³/mol. The molecule has 0 atom stereocenters. The monoisotopic (exact) mass is 525 g/mol. The van der Waals surface area contributed by atoms with Gasteiger partial charge in [-0.2, -0.15) is 0 Å². The molecule has 0 radical (unpaired) electrons. The van der Waals surface area contributed by atoms with E-state index < -0.39 is 0 Å². The molecular formula is C39H24FN. The van der Waals surface area contributed by atoms with Crippen molar-refractivity contribution in [2.24, 2.45) is 0 Å². The maximum atomic E-state index is 15.3. The Morgan fingerprint density at radius 1 is 0.341 bits per heavy atom. The van der Waals surface area contributed by atoms with Gasteiger partial charge in [0.2, 0.25) is 0 Å². The van der Waals surface area contributed by atoms with Crippen molar-refractivity contribution in [2.75, 3.05) is 0 Å². The number of fused-ring (bicyclic) bond motifs is 20. The zero-order valence-corrected chi connectivity index (χ0v) is 22.2. The first-order chi connectivity index (χ1) is 20.2. The van der Waals surface area contributed by atoms with Crippen LogP contribution in [0.5, 0.6) is 0 Å². The Kier molecular flexibility index (Phi) is 5.39. The molecule has 0 amide bonds. The Morgan fingerprint density at radius 2 is 0.756 bits per heavy atom. The maximum absolute atomic E-state index is 15.3. The number of hydrogen-bond donors (Lipinski definition) is 0. The second-order valence-electron chi connectivity index (χ2n) is 10.6. The smallest absolute Gasteiger partial charge is 0.149 e. The van der Waals surface area contributed by atoms with E-state index in [0.717, 1.165) is 59.4 Å². The predicted octanol–water partition coefficient (Wildman–Crippen LogP) is 11.0. The minimum atomic E-state index is -0.334. The molecule has 0 aliphatic carbocycles. The summed E-state index contributed by atoms with van der Waals surface area (Å²) in [6.45, 7) is 0. The Hall–Kier alpha value is -5.34. The van der Waals surface area contributed by atoms with Crippen molar-refractivity contribution in [1.29, 1.82) is 0 Å². The fraction of sp³-hybridized carbons (Fsp3) is 0. The van der Waals surface area contributed by atoms with Crippen molar-refractivity contribution in [1.82, 2.24) is 4.98 Å². The van der Waals surface area contributed by atoms with Crippen molar-refractivity contribution in [3.63, 3.8) is 0 Å². The summed E-state index contributed by atoms with van der Waals surface area (Å²) in [6, 6.07) is 48.7. The number of hydrogen-bond acceptors (Lipinski definition) is 1. The first-order valence-corrected chi connectivity index (χ1v) is 13.8. The van der Waals surface area contributed by atoms with Crippen LogP contribution in [0, 0.1) is 5.82 Å². The Labute approximate surface area is 236 Å². The van der Waals surface area contributed by atoms with E-state index >= 15 is 4.39 Å². The molecule has 0 fully saturated rings. The molecule has 8 rings (SSSR count). The van der Waals surface area contributed by atoms with Gasteiger partial charge in [-0.1, -0.05) is 97.1 Å². The van der Waals surface area contributed by atoms with Gasteiger partial charge in [-0.15, -0.1) is 0 Å². The van der Waals surface area contributed by atoms with E-state index in [1.54, 1.807) is 0 Å². The van der Waals surface area contributed by atoms with Crippen LogP contribution in [0.3, 0.4) is 0 Å². The van der Waals surface area contributed by atoms with E-state index in [1.165, 1.54) is 17.0 Å². The minimum Gasteiger partial charge on any atom is -0.253 e. The lowest BCUT2D eigenvalue weighted by Gasteiger charge is -2.06. The Bertz CT molecular complexity index is 2440. The van der Waals surface area contributed by atoms with Gasteiger partial charge in [0, 0.05) is 10.8 Å². The first-order valence-electron chi connectivity index (χ1n) is 13.8. The topological polar surface area (TPSA) is 12.9 Å². The summed E-state index contributed by atoms with van der Waals surface area (Å²) in [4.78, 5) is 4.55. The van der Waals surface area contributed by atoms with Gasteiger partial charge in [0.1, 0.15) is 5.82 Å². The van der Waals surface area contributed by atoms with E-state index in [1.807, 2.05) is 18.2 Å². The summed E-state index contributed by atoms with van der Waals surface area (Å²) in [6.07, 6.45) is 1.35. The molecule has 0 spiro atoms. The third kappa shape index (κ3) is 4.13. The van der Waals surface area contributed by atoms with Crippen molar-refractivity contribution < 1.29 is 4.39 Å². The van der Waals surface area contributed by atoms with Gasteiger partial charge in [0.15, 0.2) is 0 Å². The Morgan fingerprint density at radius 3 is 1.34 bits per heavy atom. The number of aromatic nitrogens is 1. The molecule has 1 nitrogen and oxygen atoms in total. The van der Waals surface area contributed by atoms with Crippen molar-refractivity contribution >= 4 is 75.5 Å². The van der Waals surface area contributed by atoms with Gasteiger partial charge in [0.25, 0.3) is 0 Å². The van der Waals surface area contributed by atoms with Gasteiger partial charge < -0.3 is 0 Å². The van der Waals surface area contributed by atoms with Crippen LogP contribution in [0.1, 0.15) is 0 Å². The van der Waals surface area contributed by atoms with Gasteiger partial charge >= 0.3 is 0 Å². The van der Waals surface area contributed by atoms with Crippen LogP contribution in [0.15, 0.2) is 146 Å². The van der Waals surface area contributed by atoms with Crippen molar-refractivity contribution in [3.05, 3.63) is 152 Å². The van der Waals surface area contributed by atoms with Crippen LogP contribution < -0.4 is 0 Å². The molecule has 0 saturated carbocycles. The number of nitrogens with zero attached hydrogens (tertiary/aromatic N) is 1. The molecule has 7 aromatic carbocycles. The molecule has 1 aromatic heterocycles. The van der Waals surface area contributed by atoms with E-state index in [9.17, 15) is 0 Å². The van der Waals surface area contributed by atoms with E-state index in [0.29, 0.717) is 5.39 Å². The summed E-state index contributed by atoms with van der Waals surface area (Å²) >= 11 is 0. The molecule has 12 bridgehead atoms. The molecule has 8 aromatic rings. The van der Waals surface area contributed by atoms with Crippen molar-refractivity contribution in [3.8, 4) is 0 Å². The van der Waals surface area contributed by atoms with Gasteiger partial charge in [-0.05, 0) is 102 Å². The zero-order valence-electron chi connectivity index (χ0n) is 22.2. The average molecular weight is 526 g/mol. The van der Waals surface area contributed by atoms with E-state index in [4.69, 9.17) is 0 Å². The highest BCUT2D eigenvalue weighted by molar-refractivity contribution is 6.12. The highest BCUT2D eigenvalue weighted by atomic mass is 19.1. The van der Waals surface area contributed by atoms with Crippen LogP contribution in [-0.2, 0) is 0 Å². The van der Waals surface area contributed by atoms with Crippen LogP contribution in [0.25, 0.3) is 75.5 Å². The second-order valence-corrected chi connectivity index (χ2v) is 10.6. The number of pyridine rings is 1. The SMILES string of the molecule is Fc1cnc2cc1c1cccc(c1)c1cccc(c1)c1cccc(c1)c1cccc(c1)c1cc2cc2ccccc21. The van der Waals surface area contributed by atoms with Crippen LogP contribution >= 0.6 is 0 Å². The molecule has 0 aliphatic rings.